The zero-order chi connectivity index (χ0) is 10.6. The van der Waals surface area contributed by atoms with Crippen LogP contribution < -0.4 is 4.74 Å². The first-order chi connectivity index (χ1) is 6.47. The fourth-order valence-corrected chi connectivity index (χ4v) is 1.53. The maximum Gasteiger partial charge on any atom is 0.235 e. The van der Waals surface area contributed by atoms with Crippen LogP contribution in [0.3, 0.4) is 0 Å². The summed E-state index contributed by atoms with van der Waals surface area (Å²) in [6.07, 6.45) is 0. The molecule has 0 spiro atoms. The molecular weight excluding hydrogens is 292 g/mol. The van der Waals surface area contributed by atoms with Gasteiger partial charge in [-0.3, -0.25) is 0 Å². The van der Waals surface area contributed by atoms with Crippen LogP contribution in [0, 0.1) is 0 Å². The lowest BCUT2D eigenvalue weighted by Crippen LogP contribution is -2.08. The molecule has 0 aliphatic heterocycles. The van der Waals surface area contributed by atoms with Gasteiger partial charge in [0, 0.05) is 15.2 Å². The molecule has 0 atom stereocenters. The number of hydrogen-bond donors (Lipinski definition) is 0. The third kappa shape index (κ3) is 4.83. The van der Waals surface area contributed by atoms with Crippen LogP contribution in [0.25, 0.3) is 0 Å². The summed E-state index contributed by atoms with van der Waals surface area (Å²) in [6, 6.07) is 7.10. The summed E-state index contributed by atoms with van der Waals surface area (Å²) in [4.78, 5) is 0. The predicted octanol–water partition coefficient (Wildman–Crippen LogP) is 2.40. The highest BCUT2D eigenvalue weighted by Crippen LogP contribution is 2.16. The molecule has 0 saturated heterocycles. The maximum absolute atomic E-state index is 10.6. The molecule has 1 rings (SSSR count). The van der Waals surface area contributed by atoms with E-state index in [0.717, 1.165) is 4.47 Å². The van der Waals surface area contributed by atoms with Gasteiger partial charge in [0.2, 0.25) is 9.05 Å². The summed E-state index contributed by atoms with van der Waals surface area (Å²) < 4.78 is 27.2. The molecule has 6 heteroatoms. The van der Waals surface area contributed by atoms with E-state index in [9.17, 15) is 8.42 Å². The molecule has 1 aromatic rings. The van der Waals surface area contributed by atoms with Crippen molar-refractivity contribution in [2.45, 2.75) is 0 Å². The van der Waals surface area contributed by atoms with Gasteiger partial charge in [0.25, 0.3) is 0 Å². The number of rotatable bonds is 4. The SMILES string of the molecule is O=S(=O)(Cl)CCOc1ccc(Br)cc1. The Kier molecular flexibility index (Phi) is 4.22. The lowest BCUT2D eigenvalue weighted by molar-refractivity contribution is 0.341. The monoisotopic (exact) mass is 298 g/mol. The van der Waals surface area contributed by atoms with Gasteiger partial charge in [0.05, 0.1) is 5.75 Å². The molecule has 0 aliphatic rings. The van der Waals surface area contributed by atoms with E-state index in [1.165, 1.54) is 0 Å². The molecule has 0 aromatic heterocycles. The molecule has 0 unspecified atom stereocenters. The molecule has 0 aliphatic carbocycles. The molecular formula is C8H8BrClO3S. The van der Waals surface area contributed by atoms with E-state index in [2.05, 4.69) is 15.9 Å². The van der Waals surface area contributed by atoms with Crippen LogP contribution >= 0.6 is 26.6 Å². The van der Waals surface area contributed by atoms with Crippen LogP contribution in [0.4, 0.5) is 0 Å². The van der Waals surface area contributed by atoms with Crippen LogP contribution in [-0.2, 0) is 9.05 Å². The average molecular weight is 300 g/mol. The highest BCUT2D eigenvalue weighted by atomic mass is 79.9. The zero-order valence-corrected chi connectivity index (χ0v) is 10.3. The van der Waals surface area contributed by atoms with Gasteiger partial charge in [-0.2, -0.15) is 0 Å². The molecule has 78 valence electrons. The molecule has 14 heavy (non-hydrogen) atoms. The van der Waals surface area contributed by atoms with Gasteiger partial charge in [-0.15, -0.1) is 0 Å². The smallest absolute Gasteiger partial charge is 0.235 e. The summed E-state index contributed by atoms with van der Waals surface area (Å²) in [6.45, 7) is 0.0630. The van der Waals surface area contributed by atoms with Gasteiger partial charge in [0.1, 0.15) is 12.4 Å². The summed E-state index contributed by atoms with van der Waals surface area (Å²) in [7, 11) is 1.54. The minimum absolute atomic E-state index is 0.0630. The van der Waals surface area contributed by atoms with Crippen molar-refractivity contribution in [2.75, 3.05) is 12.4 Å². The Morgan fingerprint density at radius 2 is 1.86 bits per heavy atom. The largest absolute Gasteiger partial charge is 0.492 e. The fourth-order valence-electron chi connectivity index (χ4n) is 0.790. The molecule has 0 radical (unpaired) electrons. The molecule has 1 aromatic carbocycles. The molecule has 0 fully saturated rings. The topological polar surface area (TPSA) is 43.4 Å². The predicted molar refractivity (Wildman–Crippen MR) is 59.3 cm³/mol. The van der Waals surface area contributed by atoms with Crippen molar-refractivity contribution in [1.82, 2.24) is 0 Å². The van der Waals surface area contributed by atoms with Crippen molar-refractivity contribution in [3.63, 3.8) is 0 Å². The zero-order valence-electron chi connectivity index (χ0n) is 7.11. The van der Waals surface area contributed by atoms with E-state index < -0.39 is 9.05 Å². The summed E-state index contributed by atoms with van der Waals surface area (Å²) in [5.41, 5.74) is 0. The molecule has 0 N–H and O–H groups in total. The normalized spacial score (nSPS) is 11.3. The third-order valence-corrected chi connectivity index (χ3v) is 3.06. The van der Waals surface area contributed by atoms with Gasteiger partial charge < -0.3 is 4.74 Å². The third-order valence-electron chi connectivity index (χ3n) is 1.41. The van der Waals surface area contributed by atoms with Crippen LogP contribution in [0.15, 0.2) is 28.7 Å². The lowest BCUT2D eigenvalue weighted by Gasteiger charge is -2.03. The van der Waals surface area contributed by atoms with Crippen molar-refractivity contribution >= 4 is 35.7 Å². The van der Waals surface area contributed by atoms with E-state index in [0.29, 0.717) is 5.75 Å². The van der Waals surface area contributed by atoms with E-state index >= 15 is 0 Å². The van der Waals surface area contributed by atoms with Gasteiger partial charge in [-0.1, -0.05) is 15.9 Å². The highest BCUT2D eigenvalue weighted by Gasteiger charge is 2.04. The van der Waals surface area contributed by atoms with Gasteiger partial charge in [-0.05, 0) is 24.3 Å². The Bertz CT molecular complexity index is 388. The fraction of sp³-hybridized carbons (Fsp3) is 0.250. The molecule has 0 amide bonds. The second-order valence-electron chi connectivity index (χ2n) is 2.55. The van der Waals surface area contributed by atoms with Crippen molar-refractivity contribution in [3.05, 3.63) is 28.7 Å². The molecule has 0 bridgehead atoms. The van der Waals surface area contributed by atoms with Crippen LogP contribution in [0.1, 0.15) is 0 Å². The van der Waals surface area contributed by atoms with Crippen molar-refractivity contribution in [3.8, 4) is 5.75 Å². The number of halogens is 2. The Labute approximate surface area is 95.6 Å². The Morgan fingerprint density at radius 3 is 2.36 bits per heavy atom. The minimum atomic E-state index is -3.46. The first kappa shape index (κ1) is 11.8. The summed E-state index contributed by atoms with van der Waals surface area (Å²) >= 11 is 3.27. The van der Waals surface area contributed by atoms with Crippen molar-refractivity contribution in [1.29, 1.82) is 0 Å². The highest BCUT2D eigenvalue weighted by molar-refractivity contribution is 9.10. The first-order valence-electron chi connectivity index (χ1n) is 3.78. The molecule has 0 saturated carbocycles. The molecule has 0 heterocycles. The second-order valence-corrected chi connectivity index (χ2v) is 6.36. The second kappa shape index (κ2) is 5.00. The quantitative estimate of drug-likeness (QED) is 0.802. The van der Waals surface area contributed by atoms with E-state index in [-0.39, 0.29) is 12.4 Å². The maximum atomic E-state index is 10.6. The van der Waals surface area contributed by atoms with E-state index in [1.54, 1.807) is 12.1 Å². The standard InChI is InChI=1S/C8H8BrClO3S/c9-7-1-3-8(4-2-7)13-5-6-14(10,11)12/h1-4H,5-6H2. The first-order valence-corrected chi connectivity index (χ1v) is 7.05. The van der Waals surface area contributed by atoms with Crippen LogP contribution in [0.2, 0.25) is 0 Å². The van der Waals surface area contributed by atoms with Crippen molar-refractivity contribution in [2.24, 2.45) is 0 Å². The number of ether oxygens (including phenoxy) is 1. The van der Waals surface area contributed by atoms with Gasteiger partial charge in [0.15, 0.2) is 0 Å². The number of benzene rings is 1. The van der Waals surface area contributed by atoms with Crippen LogP contribution in [-0.4, -0.2) is 20.8 Å². The average Bonchev–Trinajstić information content (AvgIpc) is 2.06. The van der Waals surface area contributed by atoms with Gasteiger partial charge in [-0.25, -0.2) is 8.42 Å². The minimum Gasteiger partial charge on any atom is -0.492 e. The van der Waals surface area contributed by atoms with Crippen LogP contribution in [0.5, 0.6) is 5.75 Å². The Hall–Kier alpha value is -0.260. The lowest BCUT2D eigenvalue weighted by atomic mass is 10.3. The molecule has 3 nitrogen and oxygen atoms in total. The Morgan fingerprint density at radius 1 is 1.29 bits per heavy atom. The summed E-state index contributed by atoms with van der Waals surface area (Å²) in [5.74, 6) is 0.429. The van der Waals surface area contributed by atoms with E-state index in [1.807, 2.05) is 12.1 Å². The van der Waals surface area contributed by atoms with Gasteiger partial charge >= 0.3 is 0 Å². The van der Waals surface area contributed by atoms with E-state index in [4.69, 9.17) is 15.4 Å². The Balaban J connectivity index is 2.43. The summed E-state index contributed by atoms with van der Waals surface area (Å²) in [5, 5.41) is 0. The van der Waals surface area contributed by atoms with Crippen molar-refractivity contribution < 1.29 is 13.2 Å². The number of hydrogen-bond acceptors (Lipinski definition) is 3.